The van der Waals surface area contributed by atoms with E-state index in [1.807, 2.05) is 13.0 Å². The minimum atomic E-state index is 0.562. The maximum Gasteiger partial charge on any atom is 0.131 e. The Labute approximate surface area is 88.6 Å². The van der Waals surface area contributed by atoms with Crippen molar-refractivity contribution in [1.82, 2.24) is 4.98 Å². The first-order chi connectivity index (χ1) is 6.75. The van der Waals surface area contributed by atoms with Crippen LogP contribution in [-0.2, 0) is 4.74 Å². The molecule has 1 fully saturated rings. The van der Waals surface area contributed by atoms with Crippen LogP contribution in [-0.4, -0.2) is 31.3 Å². The van der Waals surface area contributed by atoms with Gasteiger partial charge < -0.3 is 9.64 Å². The highest BCUT2D eigenvalue weighted by atomic mass is 35.5. The minimum absolute atomic E-state index is 0.562. The molecule has 1 aliphatic heterocycles. The summed E-state index contributed by atoms with van der Waals surface area (Å²) >= 11 is 5.90. The number of aromatic nitrogens is 1. The Bertz CT molecular complexity index is 304. The van der Waals surface area contributed by atoms with Gasteiger partial charge in [-0.3, -0.25) is 0 Å². The summed E-state index contributed by atoms with van der Waals surface area (Å²) in [4.78, 5) is 6.49. The lowest BCUT2D eigenvalue weighted by molar-refractivity contribution is 0.122. The maximum atomic E-state index is 5.90. The van der Waals surface area contributed by atoms with Gasteiger partial charge in [-0.25, -0.2) is 4.98 Å². The van der Waals surface area contributed by atoms with E-state index in [4.69, 9.17) is 16.3 Å². The Kier molecular flexibility index (Phi) is 2.89. The van der Waals surface area contributed by atoms with Crippen molar-refractivity contribution in [2.75, 3.05) is 31.2 Å². The summed E-state index contributed by atoms with van der Waals surface area (Å²) in [5, 5.41) is 0.562. The largest absolute Gasteiger partial charge is 0.378 e. The van der Waals surface area contributed by atoms with Crippen molar-refractivity contribution in [3.8, 4) is 0 Å². The number of aryl methyl sites for hydroxylation is 1. The van der Waals surface area contributed by atoms with Gasteiger partial charge in [-0.05, 0) is 24.6 Å². The zero-order valence-electron chi connectivity index (χ0n) is 8.16. The molecule has 0 atom stereocenters. The number of anilines is 1. The lowest BCUT2D eigenvalue weighted by atomic mass is 10.3. The molecule has 0 spiro atoms. The summed E-state index contributed by atoms with van der Waals surface area (Å²) in [5.74, 6) is 0.957. The van der Waals surface area contributed by atoms with E-state index in [-0.39, 0.29) is 0 Å². The molecule has 0 bridgehead atoms. The Hall–Kier alpha value is -0.800. The van der Waals surface area contributed by atoms with Crippen molar-refractivity contribution in [2.24, 2.45) is 0 Å². The average Bonchev–Trinajstić information content (AvgIpc) is 2.18. The third-order valence-corrected chi connectivity index (χ3v) is 2.45. The maximum absolute atomic E-state index is 5.90. The van der Waals surface area contributed by atoms with Crippen molar-refractivity contribution >= 4 is 17.4 Å². The van der Waals surface area contributed by atoms with E-state index < -0.39 is 0 Å². The molecule has 76 valence electrons. The van der Waals surface area contributed by atoms with Crippen LogP contribution in [0.25, 0.3) is 0 Å². The fourth-order valence-corrected chi connectivity index (χ4v) is 1.82. The molecular formula is C10H13ClN2O. The van der Waals surface area contributed by atoms with Crippen LogP contribution in [0, 0.1) is 6.92 Å². The number of hydrogen-bond donors (Lipinski definition) is 0. The first-order valence-corrected chi connectivity index (χ1v) is 5.10. The lowest BCUT2D eigenvalue weighted by Crippen LogP contribution is -2.36. The van der Waals surface area contributed by atoms with E-state index in [1.165, 1.54) is 0 Å². The summed E-state index contributed by atoms with van der Waals surface area (Å²) in [5.41, 5.74) is 1.14. The van der Waals surface area contributed by atoms with Crippen LogP contribution in [0.2, 0.25) is 5.15 Å². The zero-order chi connectivity index (χ0) is 9.97. The Balaban J connectivity index is 2.21. The Morgan fingerprint density at radius 2 is 2.07 bits per heavy atom. The highest BCUT2D eigenvalue weighted by Gasteiger charge is 2.12. The standard InChI is InChI=1S/C10H13ClN2O/c1-8-6-9(11)12-10(7-8)13-2-4-14-5-3-13/h6-7H,2-5H2,1H3. The third-order valence-electron chi connectivity index (χ3n) is 2.26. The van der Waals surface area contributed by atoms with E-state index in [1.54, 1.807) is 0 Å². The van der Waals surface area contributed by atoms with Gasteiger partial charge in [-0.2, -0.15) is 0 Å². The van der Waals surface area contributed by atoms with Gasteiger partial charge in [-0.15, -0.1) is 0 Å². The number of pyridine rings is 1. The summed E-state index contributed by atoms with van der Waals surface area (Å²) < 4.78 is 5.28. The lowest BCUT2D eigenvalue weighted by Gasteiger charge is -2.28. The van der Waals surface area contributed by atoms with Crippen molar-refractivity contribution < 1.29 is 4.74 Å². The molecule has 4 heteroatoms. The summed E-state index contributed by atoms with van der Waals surface area (Å²) in [6, 6.07) is 3.92. The number of ether oxygens (including phenoxy) is 1. The predicted octanol–water partition coefficient (Wildman–Crippen LogP) is 1.88. The van der Waals surface area contributed by atoms with Crippen LogP contribution < -0.4 is 4.90 Å². The summed E-state index contributed by atoms with van der Waals surface area (Å²) in [6.07, 6.45) is 0. The van der Waals surface area contributed by atoms with Crippen molar-refractivity contribution in [3.63, 3.8) is 0 Å². The number of morpholine rings is 1. The molecule has 1 aromatic rings. The molecule has 14 heavy (non-hydrogen) atoms. The van der Waals surface area contributed by atoms with Gasteiger partial charge in [0.1, 0.15) is 11.0 Å². The fraction of sp³-hybridized carbons (Fsp3) is 0.500. The molecule has 1 aromatic heterocycles. The quantitative estimate of drug-likeness (QED) is 0.665. The molecule has 2 rings (SSSR count). The second-order valence-corrected chi connectivity index (χ2v) is 3.81. The van der Waals surface area contributed by atoms with Crippen LogP contribution in [0.5, 0.6) is 0 Å². The zero-order valence-corrected chi connectivity index (χ0v) is 8.92. The number of nitrogens with zero attached hydrogens (tertiary/aromatic N) is 2. The highest BCUT2D eigenvalue weighted by molar-refractivity contribution is 6.29. The first-order valence-electron chi connectivity index (χ1n) is 4.72. The number of halogens is 1. The normalized spacial score (nSPS) is 17.1. The molecule has 0 saturated carbocycles. The van der Waals surface area contributed by atoms with Crippen LogP contribution in [0.4, 0.5) is 5.82 Å². The van der Waals surface area contributed by atoms with Gasteiger partial charge in [0, 0.05) is 13.1 Å². The first kappa shape index (κ1) is 9.74. The van der Waals surface area contributed by atoms with Crippen LogP contribution >= 0.6 is 11.6 Å². The Morgan fingerprint density at radius 3 is 2.71 bits per heavy atom. The SMILES string of the molecule is Cc1cc(Cl)nc(N2CCOCC2)c1. The molecule has 0 aliphatic carbocycles. The molecule has 0 aromatic carbocycles. The smallest absolute Gasteiger partial charge is 0.131 e. The van der Waals surface area contributed by atoms with Gasteiger partial charge in [0.15, 0.2) is 0 Å². The van der Waals surface area contributed by atoms with Gasteiger partial charge in [0.25, 0.3) is 0 Å². The molecule has 0 N–H and O–H groups in total. The van der Waals surface area contributed by atoms with Gasteiger partial charge in [0.2, 0.25) is 0 Å². The predicted molar refractivity (Wildman–Crippen MR) is 57.0 cm³/mol. The number of rotatable bonds is 1. The van der Waals surface area contributed by atoms with Crippen molar-refractivity contribution in [1.29, 1.82) is 0 Å². The van der Waals surface area contributed by atoms with Gasteiger partial charge >= 0.3 is 0 Å². The molecule has 2 heterocycles. The van der Waals surface area contributed by atoms with Gasteiger partial charge in [0.05, 0.1) is 13.2 Å². The molecule has 0 radical (unpaired) electrons. The molecule has 1 aliphatic rings. The molecule has 1 saturated heterocycles. The third kappa shape index (κ3) is 2.16. The minimum Gasteiger partial charge on any atom is -0.378 e. The molecule has 0 amide bonds. The van der Waals surface area contributed by atoms with Crippen molar-refractivity contribution in [3.05, 3.63) is 22.8 Å². The highest BCUT2D eigenvalue weighted by Crippen LogP contribution is 2.18. The van der Waals surface area contributed by atoms with Crippen molar-refractivity contribution in [2.45, 2.75) is 6.92 Å². The molecular weight excluding hydrogens is 200 g/mol. The van der Waals surface area contributed by atoms with Gasteiger partial charge in [-0.1, -0.05) is 11.6 Å². The van der Waals surface area contributed by atoms with E-state index in [0.29, 0.717) is 5.15 Å². The Morgan fingerprint density at radius 1 is 1.36 bits per heavy atom. The second-order valence-electron chi connectivity index (χ2n) is 3.42. The van der Waals surface area contributed by atoms with Crippen LogP contribution in [0.3, 0.4) is 0 Å². The van der Waals surface area contributed by atoms with Crippen LogP contribution in [0.1, 0.15) is 5.56 Å². The van der Waals surface area contributed by atoms with E-state index in [9.17, 15) is 0 Å². The molecule has 3 nitrogen and oxygen atoms in total. The fourth-order valence-electron chi connectivity index (χ4n) is 1.56. The molecule has 0 unspecified atom stereocenters. The summed E-state index contributed by atoms with van der Waals surface area (Å²) in [6.45, 7) is 5.36. The van der Waals surface area contributed by atoms with Crippen LogP contribution in [0.15, 0.2) is 12.1 Å². The topological polar surface area (TPSA) is 25.4 Å². The van der Waals surface area contributed by atoms with E-state index >= 15 is 0 Å². The average molecular weight is 213 g/mol. The monoisotopic (exact) mass is 212 g/mol. The number of hydrogen-bond acceptors (Lipinski definition) is 3. The van der Waals surface area contributed by atoms with E-state index in [0.717, 1.165) is 37.7 Å². The summed E-state index contributed by atoms with van der Waals surface area (Å²) in [7, 11) is 0. The second kappa shape index (κ2) is 4.15. The van der Waals surface area contributed by atoms with E-state index in [2.05, 4.69) is 16.0 Å².